The van der Waals surface area contributed by atoms with Crippen LogP contribution in [-0.2, 0) is 9.59 Å². The van der Waals surface area contributed by atoms with Gasteiger partial charge < -0.3 is 19.6 Å². The van der Waals surface area contributed by atoms with E-state index < -0.39 is 17.9 Å². The molecule has 2 rings (SSSR count). The predicted octanol–water partition coefficient (Wildman–Crippen LogP) is 2.40. The van der Waals surface area contributed by atoms with Crippen molar-refractivity contribution in [3.63, 3.8) is 0 Å². The number of hydrogen-bond donors (Lipinski definition) is 1. The smallest absolute Gasteiger partial charge is 0.309 e. The number of ether oxygens (including phenoxy) is 1. The molecule has 1 N–H and O–H groups in total. The van der Waals surface area contributed by atoms with Crippen LogP contribution in [0.5, 0.6) is 5.75 Å². The van der Waals surface area contributed by atoms with Gasteiger partial charge in [-0.05, 0) is 45.5 Å². The van der Waals surface area contributed by atoms with Crippen LogP contribution in [-0.4, -0.2) is 59.6 Å². The van der Waals surface area contributed by atoms with E-state index in [1.54, 1.807) is 4.90 Å². The maximum Gasteiger partial charge on any atom is 0.309 e. The molecule has 1 aromatic rings. The summed E-state index contributed by atoms with van der Waals surface area (Å²) in [5.41, 5.74) is 0.816. The molecule has 0 saturated carbocycles. The highest BCUT2D eigenvalue weighted by Crippen LogP contribution is 2.39. The molecule has 1 heterocycles. The van der Waals surface area contributed by atoms with Gasteiger partial charge in [0.15, 0.2) is 0 Å². The van der Waals surface area contributed by atoms with Crippen molar-refractivity contribution >= 4 is 11.9 Å². The Hall–Kier alpha value is -2.08. The van der Waals surface area contributed by atoms with Gasteiger partial charge in [0, 0.05) is 25.6 Å². The van der Waals surface area contributed by atoms with E-state index in [4.69, 9.17) is 4.74 Å². The molecular weight excluding hydrogens is 320 g/mol. The zero-order valence-corrected chi connectivity index (χ0v) is 15.4. The van der Waals surface area contributed by atoms with E-state index in [0.717, 1.165) is 5.56 Å². The fraction of sp³-hybridized carbons (Fsp3) is 0.579. The molecule has 138 valence electrons. The summed E-state index contributed by atoms with van der Waals surface area (Å²) in [6, 6.07) is 7.33. The summed E-state index contributed by atoms with van der Waals surface area (Å²) in [5.74, 6) is -1.06. The van der Waals surface area contributed by atoms with Gasteiger partial charge in [-0.2, -0.15) is 0 Å². The molecule has 6 heteroatoms. The molecule has 2 unspecified atom stereocenters. The van der Waals surface area contributed by atoms with Crippen LogP contribution in [0.25, 0.3) is 0 Å². The number of carbonyl (C=O) groups is 2. The predicted molar refractivity (Wildman–Crippen MR) is 95.6 cm³/mol. The maximum absolute atomic E-state index is 12.5. The van der Waals surface area contributed by atoms with Crippen LogP contribution in [0.1, 0.15) is 38.8 Å². The van der Waals surface area contributed by atoms with Gasteiger partial charge >= 0.3 is 5.97 Å². The Bertz CT molecular complexity index is 617. The van der Waals surface area contributed by atoms with Crippen LogP contribution in [0.3, 0.4) is 0 Å². The van der Waals surface area contributed by atoms with E-state index in [2.05, 4.69) is 18.7 Å². The molecule has 25 heavy (non-hydrogen) atoms. The number of carboxylic acids is 1. The Labute approximate surface area is 149 Å². The number of likely N-dealkylation sites (tertiary alicyclic amines) is 1. The third kappa shape index (κ3) is 4.51. The van der Waals surface area contributed by atoms with Crippen molar-refractivity contribution in [2.75, 3.05) is 26.7 Å². The highest BCUT2D eigenvalue weighted by atomic mass is 16.5. The minimum atomic E-state index is -0.931. The molecule has 0 bridgehead atoms. The molecule has 0 aliphatic carbocycles. The topological polar surface area (TPSA) is 70.1 Å². The van der Waals surface area contributed by atoms with Crippen LogP contribution in [0, 0.1) is 5.92 Å². The van der Waals surface area contributed by atoms with Crippen LogP contribution in [0.4, 0.5) is 0 Å². The van der Waals surface area contributed by atoms with Crippen LogP contribution in [0.15, 0.2) is 24.3 Å². The molecule has 1 aliphatic heterocycles. The number of aliphatic carboxylic acids is 1. The average molecular weight is 348 g/mol. The molecule has 0 radical (unpaired) electrons. The van der Waals surface area contributed by atoms with Gasteiger partial charge in [0.05, 0.1) is 18.6 Å². The van der Waals surface area contributed by atoms with Crippen LogP contribution in [0.2, 0.25) is 0 Å². The summed E-state index contributed by atoms with van der Waals surface area (Å²) in [5, 5.41) is 9.60. The molecule has 1 aromatic carbocycles. The average Bonchev–Trinajstić information content (AvgIpc) is 2.90. The highest BCUT2D eigenvalue weighted by molar-refractivity contribution is 5.87. The number of benzene rings is 1. The van der Waals surface area contributed by atoms with Crippen LogP contribution >= 0.6 is 0 Å². The molecule has 0 spiro atoms. The van der Waals surface area contributed by atoms with Crippen molar-refractivity contribution in [1.82, 2.24) is 9.80 Å². The molecule has 1 aliphatic rings. The lowest BCUT2D eigenvalue weighted by Crippen LogP contribution is -2.39. The molecule has 1 fully saturated rings. The largest absolute Gasteiger partial charge is 0.494 e. The molecule has 6 nitrogen and oxygen atoms in total. The number of carboxylic acid groups (broad SMARTS) is 1. The second kappa shape index (κ2) is 8.34. The molecule has 2 atom stereocenters. The van der Waals surface area contributed by atoms with Crippen LogP contribution < -0.4 is 4.74 Å². The summed E-state index contributed by atoms with van der Waals surface area (Å²) < 4.78 is 5.53. The Morgan fingerprint density at radius 3 is 2.76 bits per heavy atom. The Balaban J connectivity index is 2.28. The van der Waals surface area contributed by atoms with Gasteiger partial charge in [0.2, 0.25) is 5.91 Å². The lowest BCUT2D eigenvalue weighted by atomic mass is 9.93. The van der Waals surface area contributed by atoms with Crippen molar-refractivity contribution in [1.29, 1.82) is 0 Å². The van der Waals surface area contributed by atoms with Gasteiger partial charge in [-0.1, -0.05) is 12.1 Å². The van der Waals surface area contributed by atoms with Gasteiger partial charge in [0.25, 0.3) is 0 Å². The number of rotatable bonds is 8. The van der Waals surface area contributed by atoms with E-state index in [1.807, 2.05) is 38.2 Å². The second-order valence-corrected chi connectivity index (χ2v) is 6.76. The SMILES string of the molecule is CCOc1cccc(C2C(C(=O)O)CC(=O)N2CCN(C)C(C)C)c1. The summed E-state index contributed by atoms with van der Waals surface area (Å²) in [6.45, 7) is 7.85. The van der Waals surface area contributed by atoms with E-state index in [9.17, 15) is 14.7 Å². The first kappa shape index (κ1) is 19.2. The first-order chi connectivity index (χ1) is 11.8. The summed E-state index contributed by atoms with van der Waals surface area (Å²) in [7, 11) is 2.00. The van der Waals surface area contributed by atoms with E-state index in [-0.39, 0.29) is 12.3 Å². The molecule has 0 aromatic heterocycles. The monoisotopic (exact) mass is 348 g/mol. The maximum atomic E-state index is 12.5. The van der Waals surface area contributed by atoms with Gasteiger partial charge in [-0.25, -0.2) is 0 Å². The summed E-state index contributed by atoms with van der Waals surface area (Å²) >= 11 is 0. The molecular formula is C19H28N2O4. The minimum absolute atomic E-state index is 0.0459. The van der Waals surface area contributed by atoms with Gasteiger partial charge in [-0.15, -0.1) is 0 Å². The minimum Gasteiger partial charge on any atom is -0.494 e. The molecule has 1 amide bonds. The first-order valence-electron chi connectivity index (χ1n) is 8.80. The normalized spacial score (nSPS) is 20.6. The van der Waals surface area contributed by atoms with Crippen molar-refractivity contribution in [3.8, 4) is 5.75 Å². The van der Waals surface area contributed by atoms with E-state index >= 15 is 0 Å². The Morgan fingerprint density at radius 1 is 1.44 bits per heavy atom. The fourth-order valence-electron chi connectivity index (χ4n) is 3.17. The summed E-state index contributed by atoms with van der Waals surface area (Å²) in [4.78, 5) is 28.1. The highest BCUT2D eigenvalue weighted by Gasteiger charge is 2.44. The van der Waals surface area contributed by atoms with Crippen molar-refractivity contribution in [2.45, 2.75) is 39.3 Å². The Kier molecular flexibility index (Phi) is 6.42. The van der Waals surface area contributed by atoms with Gasteiger partial charge in [0.1, 0.15) is 5.75 Å². The third-order valence-corrected chi connectivity index (χ3v) is 4.83. The third-order valence-electron chi connectivity index (χ3n) is 4.83. The number of nitrogens with zero attached hydrogens (tertiary/aromatic N) is 2. The number of likely N-dealkylation sites (N-methyl/N-ethyl adjacent to an activating group) is 1. The fourth-order valence-corrected chi connectivity index (χ4v) is 3.17. The second-order valence-electron chi connectivity index (χ2n) is 6.76. The lowest BCUT2D eigenvalue weighted by Gasteiger charge is -2.30. The van der Waals surface area contributed by atoms with E-state index in [0.29, 0.717) is 31.5 Å². The zero-order valence-electron chi connectivity index (χ0n) is 15.4. The number of amides is 1. The number of hydrogen-bond acceptors (Lipinski definition) is 4. The van der Waals surface area contributed by atoms with Crippen molar-refractivity contribution < 1.29 is 19.4 Å². The summed E-state index contributed by atoms with van der Waals surface area (Å²) in [6.07, 6.45) is 0.0459. The quantitative estimate of drug-likeness (QED) is 0.781. The molecule has 1 saturated heterocycles. The first-order valence-corrected chi connectivity index (χ1v) is 8.80. The van der Waals surface area contributed by atoms with Gasteiger partial charge in [-0.3, -0.25) is 9.59 Å². The van der Waals surface area contributed by atoms with E-state index in [1.165, 1.54) is 0 Å². The lowest BCUT2D eigenvalue weighted by molar-refractivity contribution is -0.142. The zero-order chi connectivity index (χ0) is 18.6. The number of carbonyl (C=O) groups excluding carboxylic acids is 1. The van der Waals surface area contributed by atoms with Crippen molar-refractivity contribution in [3.05, 3.63) is 29.8 Å². The van der Waals surface area contributed by atoms with Crippen molar-refractivity contribution in [2.24, 2.45) is 5.92 Å². The Morgan fingerprint density at radius 2 is 2.16 bits per heavy atom. The standard InChI is InChI=1S/C19H28N2O4/c1-5-25-15-8-6-7-14(11-15)18-16(19(23)24)12-17(22)21(18)10-9-20(4)13(2)3/h6-8,11,13,16,18H,5,9-10,12H2,1-4H3,(H,23,24).